The Balaban J connectivity index is 3.03. The molecule has 4 N–H and O–H groups in total. The van der Waals surface area contributed by atoms with E-state index < -0.39 is 5.97 Å². The van der Waals surface area contributed by atoms with Gasteiger partial charge in [0.05, 0.1) is 17.1 Å². The number of carboxylic acid groups (broad SMARTS) is 1. The van der Waals surface area contributed by atoms with Gasteiger partial charge in [0.1, 0.15) is 6.54 Å². The zero-order valence-electron chi connectivity index (χ0n) is 7.53. The third kappa shape index (κ3) is 1.78. The van der Waals surface area contributed by atoms with Crippen molar-refractivity contribution < 1.29 is 9.90 Å². The molecule has 0 bridgehead atoms. The van der Waals surface area contributed by atoms with Gasteiger partial charge in [-0.1, -0.05) is 0 Å². The van der Waals surface area contributed by atoms with Crippen LogP contribution in [0, 0.1) is 13.8 Å². The Morgan fingerprint density at radius 1 is 1.69 bits per heavy atom. The summed E-state index contributed by atoms with van der Waals surface area (Å²) in [5.74, 6) is 4.32. The lowest BCUT2D eigenvalue weighted by Gasteiger charge is -2.00. The Labute approximate surface area is 75.3 Å². The van der Waals surface area contributed by atoms with Crippen LogP contribution in [0.1, 0.15) is 11.4 Å². The van der Waals surface area contributed by atoms with Crippen molar-refractivity contribution in [2.75, 3.05) is 5.43 Å². The van der Waals surface area contributed by atoms with Crippen molar-refractivity contribution in [1.29, 1.82) is 0 Å². The Hall–Kier alpha value is -1.56. The molecule has 72 valence electrons. The minimum Gasteiger partial charge on any atom is -0.480 e. The third-order valence-electron chi connectivity index (χ3n) is 1.81. The van der Waals surface area contributed by atoms with E-state index in [0.29, 0.717) is 11.4 Å². The molecular formula is C7H12N4O2. The summed E-state index contributed by atoms with van der Waals surface area (Å²) in [7, 11) is 0. The molecule has 0 aliphatic rings. The Morgan fingerprint density at radius 3 is 2.69 bits per heavy atom. The van der Waals surface area contributed by atoms with E-state index in [9.17, 15) is 4.79 Å². The molecule has 6 nitrogen and oxygen atoms in total. The molecule has 0 saturated heterocycles. The standard InChI is InChI=1S/C7H12N4O2/c1-4-7(9-8)5(2)11(10-4)3-6(12)13/h9H,3,8H2,1-2H3,(H,12,13). The van der Waals surface area contributed by atoms with Gasteiger partial charge in [0.2, 0.25) is 0 Å². The molecule has 0 unspecified atom stereocenters. The molecule has 0 saturated carbocycles. The quantitative estimate of drug-likeness (QED) is 0.449. The molecule has 0 aromatic carbocycles. The number of nitrogen functional groups attached to an aromatic ring is 1. The van der Waals surface area contributed by atoms with E-state index in [1.54, 1.807) is 13.8 Å². The van der Waals surface area contributed by atoms with Crippen LogP contribution in [-0.2, 0) is 11.3 Å². The van der Waals surface area contributed by atoms with Crippen molar-refractivity contribution in [3.63, 3.8) is 0 Å². The van der Waals surface area contributed by atoms with Crippen molar-refractivity contribution >= 4 is 11.7 Å². The van der Waals surface area contributed by atoms with Gasteiger partial charge >= 0.3 is 5.97 Å². The Morgan fingerprint density at radius 2 is 2.31 bits per heavy atom. The minimum absolute atomic E-state index is 0.144. The van der Waals surface area contributed by atoms with E-state index in [-0.39, 0.29) is 6.54 Å². The van der Waals surface area contributed by atoms with Gasteiger partial charge in [0, 0.05) is 0 Å². The highest BCUT2D eigenvalue weighted by molar-refractivity contribution is 5.67. The second-order valence-electron chi connectivity index (χ2n) is 2.74. The molecule has 0 aliphatic heterocycles. The first-order valence-corrected chi connectivity index (χ1v) is 3.78. The van der Waals surface area contributed by atoms with Gasteiger partial charge < -0.3 is 10.5 Å². The fourth-order valence-corrected chi connectivity index (χ4v) is 1.19. The summed E-state index contributed by atoms with van der Waals surface area (Å²) in [5, 5.41) is 12.6. The lowest BCUT2D eigenvalue weighted by molar-refractivity contribution is -0.137. The number of anilines is 1. The first-order valence-electron chi connectivity index (χ1n) is 3.78. The fraction of sp³-hybridized carbons (Fsp3) is 0.429. The number of hydrogen-bond acceptors (Lipinski definition) is 4. The van der Waals surface area contributed by atoms with Crippen LogP contribution in [0.25, 0.3) is 0 Å². The number of aromatic nitrogens is 2. The summed E-state index contributed by atoms with van der Waals surface area (Å²) in [5.41, 5.74) is 4.58. The first kappa shape index (κ1) is 9.53. The van der Waals surface area contributed by atoms with Crippen LogP contribution >= 0.6 is 0 Å². The summed E-state index contributed by atoms with van der Waals surface area (Å²) < 4.78 is 1.40. The molecule has 1 heterocycles. The summed E-state index contributed by atoms with van der Waals surface area (Å²) in [6.07, 6.45) is 0. The predicted molar refractivity (Wildman–Crippen MR) is 47.1 cm³/mol. The first-order chi connectivity index (χ1) is 6.06. The topological polar surface area (TPSA) is 93.2 Å². The van der Waals surface area contributed by atoms with Crippen molar-refractivity contribution in [3.05, 3.63) is 11.4 Å². The highest BCUT2D eigenvalue weighted by Gasteiger charge is 2.11. The van der Waals surface area contributed by atoms with E-state index in [1.807, 2.05) is 0 Å². The molecule has 1 aromatic heterocycles. The average Bonchev–Trinajstić information content (AvgIpc) is 2.26. The molecule has 1 aromatic rings. The number of carboxylic acids is 1. The van der Waals surface area contributed by atoms with Crippen LogP contribution in [-0.4, -0.2) is 20.9 Å². The molecule has 0 amide bonds. The second kappa shape index (κ2) is 3.44. The predicted octanol–water partition coefficient (Wildman–Crippen LogP) is -0.130. The minimum atomic E-state index is -0.922. The van der Waals surface area contributed by atoms with Crippen LogP contribution in [0.2, 0.25) is 0 Å². The summed E-state index contributed by atoms with van der Waals surface area (Å²) in [4.78, 5) is 10.4. The van der Waals surface area contributed by atoms with E-state index in [1.165, 1.54) is 4.68 Å². The zero-order chi connectivity index (χ0) is 10.0. The summed E-state index contributed by atoms with van der Waals surface area (Å²) >= 11 is 0. The van der Waals surface area contributed by atoms with E-state index in [2.05, 4.69) is 10.5 Å². The average molecular weight is 184 g/mol. The second-order valence-corrected chi connectivity index (χ2v) is 2.74. The summed E-state index contributed by atoms with van der Waals surface area (Å²) in [6, 6.07) is 0. The van der Waals surface area contributed by atoms with Crippen molar-refractivity contribution in [1.82, 2.24) is 9.78 Å². The van der Waals surface area contributed by atoms with Crippen molar-refractivity contribution in [2.24, 2.45) is 5.84 Å². The van der Waals surface area contributed by atoms with Crippen LogP contribution in [0.15, 0.2) is 0 Å². The molecule has 0 aliphatic carbocycles. The Bertz CT molecular complexity index is 331. The maximum Gasteiger partial charge on any atom is 0.325 e. The van der Waals surface area contributed by atoms with Gasteiger partial charge in [-0.15, -0.1) is 0 Å². The SMILES string of the molecule is Cc1nn(CC(=O)O)c(C)c1NN. The Kier molecular flexibility index (Phi) is 2.52. The molecule has 6 heteroatoms. The number of aryl methyl sites for hydroxylation is 1. The van der Waals surface area contributed by atoms with Crippen LogP contribution in [0.5, 0.6) is 0 Å². The fourth-order valence-electron chi connectivity index (χ4n) is 1.19. The summed E-state index contributed by atoms with van der Waals surface area (Å²) in [6.45, 7) is 3.38. The number of aliphatic carboxylic acids is 1. The van der Waals surface area contributed by atoms with Crippen LogP contribution in [0.4, 0.5) is 5.69 Å². The van der Waals surface area contributed by atoms with Gasteiger partial charge in [-0.3, -0.25) is 15.3 Å². The number of hydrazine groups is 1. The van der Waals surface area contributed by atoms with Crippen LogP contribution in [0.3, 0.4) is 0 Å². The highest BCUT2D eigenvalue weighted by atomic mass is 16.4. The zero-order valence-corrected chi connectivity index (χ0v) is 7.53. The lowest BCUT2D eigenvalue weighted by atomic mass is 10.3. The number of rotatable bonds is 3. The monoisotopic (exact) mass is 184 g/mol. The number of carbonyl (C=O) groups is 1. The smallest absolute Gasteiger partial charge is 0.325 e. The van der Waals surface area contributed by atoms with Crippen LogP contribution < -0.4 is 11.3 Å². The molecule has 1 rings (SSSR count). The molecular weight excluding hydrogens is 172 g/mol. The highest BCUT2D eigenvalue weighted by Crippen LogP contribution is 2.17. The van der Waals surface area contributed by atoms with Gasteiger partial charge in [-0.25, -0.2) is 0 Å². The molecule has 0 fully saturated rings. The lowest BCUT2D eigenvalue weighted by Crippen LogP contribution is -2.12. The van der Waals surface area contributed by atoms with E-state index >= 15 is 0 Å². The van der Waals surface area contributed by atoms with E-state index in [0.717, 1.165) is 5.69 Å². The number of nitrogens with zero attached hydrogens (tertiary/aromatic N) is 2. The van der Waals surface area contributed by atoms with Gasteiger partial charge in [0.25, 0.3) is 0 Å². The number of nitrogens with one attached hydrogen (secondary N) is 1. The largest absolute Gasteiger partial charge is 0.480 e. The molecule has 13 heavy (non-hydrogen) atoms. The van der Waals surface area contributed by atoms with Crippen molar-refractivity contribution in [3.8, 4) is 0 Å². The molecule has 0 atom stereocenters. The van der Waals surface area contributed by atoms with Crippen molar-refractivity contribution in [2.45, 2.75) is 20.4 Å². The maximum atomic E-state index is 10.4. The van der Waals surface area contributed by atoms with Gasteiger partial charge in [-0.2, -0.15) is 5.10 Å². The maximum absolute atomic E-state index is 10.4. The number of hydrogen-bond donors (Lipinski definition) is 3. The molecule has 0 radical (unpaired) electrons. The van der Waals surface area contributed by atoms with Gasteiger partial charge in [-0.05, 0) is 13.8 Å². The number of nitrogens with two attached hydrogens (primary N) is 1. The normalized spacial score (nSPS) is 10.1. The van der Waals surface area contributed by atoms with E-state index in [4.69, 9.17) is 10.9 Å². The van der Waals surface area contributed by atoms with Gasteiger partial charge in [0.15, 0.2) is 0 Å². The molecule has 0 spiro atoms. The third-order valence-corrected chi connectivity index (χ3v) is 1.81.